The van der Waals surface area contributed by atoms with Gasteiger partial charge in [0, 0.05) is 33.6 Å². The number of nitrogens with one attached hydrogen (secondary N) is 2. The van der Waals surface area contributed by atoms with Crippen LogP contribution in [0.1, 0.15) is 18.2 Å². The zero-order valence-electron chi connectivity index (χ0n) is 16.9. The van der Waals surface area contributed by atoms with Gasteiger partial charge in [-0.15, -0.1) is 0 Å². The fourth-order valence-electron chi connectivity index (χ4n) is 2.50. The van der Waals surface area contributed by atoms with Crippen LogP contribution in [0.3, 0.4) is 0 Å². The third-order valence-electron chi connectivity index (χ3n) is 4.03. The minimum Gasteiger partial charge on any atom is -0.494 e. The van der Waals surface area contributed by atoms with Gasteiger partial charge in [-0.25, -0.2) is 4.99 Å². The Morgan fingerprint density at radius 1 is 1.14 bits per heavy atom. The van der Waals surface area contributed by atoms with Gasteiger partial charge in [0.15, 0.2) is 5.96 Å². The van der Waals surface area contributed by atoms with Gasteiger partial charge in [-0.2, -0.15) is 0 Å². The molecule has 1 heterocycles. The molecule has 0 spiro atoms. The van der Waals surface area contributed by atoms with Gasteiger partial charge in [0.25, 0.3) is 0 Å². The lowest BCUT2D eigenvalue weighted by Gasteiger charge is -2.14. The molecule has 2 rings (SSSR count). The third kappa shape index (κ3) is 7.73. The molecule has 1 amide bonds. The number of carbonyl (C=O) groups is 1. The van der Waals surface area contributed by atoms with E-state index in [1.807, 2.05) is 37.3 Å². The summed E-state index contributed by atoms with van der Waals surface area (Å²) in [6.45, 7) is 4.08. The summed E-state index contributed by atoms with van der Waals surface area (Å²) < 4.78 is 10.9. The molecule has 7 heteroatoms. The van der Waals surface area contributed by atoms with Crippen LogP contribution >= 0.6 is 0 Å². The molecule has 28 heavy (non-hydrogen) atoms. The van der Waals surface area contributed by atoms with Crippen molar-refractivity contribution in [3.05, 3.63) is 54.0 Å². The Kier molecular flexibility index (Phi) is 8.91. The van der Waals surface area contributed by atoms with Gasteiger partial charge in [-0.1, -0.05) is 12.1 Å². The van der Waals surface area contributed by atoms with Crippen molar-refractivity contribution in [3.8, 4) is 5.75 Å². The first-order chi connectivity index (χ1) is 13.6. The number of benzene rings is 1. The molecular weight excluding hydrogens is 356 g/mol. The zero-order valence-corrected chi connectivity index (χ0v) is 16.9. The summed E-state index contributed by atoms with van der Waals surface area (Å²) in [5.41, 5.74) is 1.18. The van der Waals surface area contributed by atoms with Crippen molar-refractivity contribution < 1.29 is 13.9 Å². The number of ether oxygens (including phenoxy) is 1. The van der Waals surface area contributed by atoms with Crippen LogP contribution in [-0.4, -0.2) is 57.1 Å². The Morgan fingerprint density at radius 3 is 2.61 bits per heavy atom. The van der Waals surface area contributed by atoms with Crippen LogP contribution in [0, 0.1) is 0 Å². The maximum absolute atomic E-state index is 11.8. The van der Waals surface area contributed by atoms with Gasteiger partial charge in [0.05, 0.1) is 12.9 Å². The molecule has 0 saturated carbocycles. The molecular formula is C21H30N4O3. The minimum absolute atomic E-state index is 0.0449. The van der Waals surface area contributed by atoms with Crippen LogP contribution in [0.2, 0.25) is 0 Å². The molecule has 0 unspecified atom stereocenters. The van der Waals surface area contributed by atoms with Gasteiger partial charge in [0.2, 0.25) is 5.91 Å². The molecule has 7 nitrogen and oxygen atoms in total. The topological polar surface area (TPSA) is 79.1 Å². The van der Waals surface area contributed by atoms with Crippen molar-refractivity contribution in [1.29, 1.82) is 0 Å². The molecule has 0 aliphatic carbocycles. The summed E-state index contributed by atoms with van der Waals surface area (Å²) in [6.07, 6.45) is 3.22. The van der Waals surface area contributed by atoms with Crippen LogP contribution in [-0.2, 0) is 17.6 Å². The molecule has 2 N–H and O–H groups in total. The lowest BCUT2D eigenvalue weighted by Crippen LogP contribution is -2.40. The normalized spacial score (nSPS) is 11.2. The monoisotopic (exact) mass is 386 g/mol. The maximum Gasteiger partial charge on any atom is 0.243 e. The summed E-state index contributed by atoms with van der Waals surface area (Å²) in [5, 5.41) is 6.54. The van der Waals surface area contributed by atoms with E-state index >= 15 is 0 Å². The molecule has 0 saturated heterocycles. The first-order valence-corrected chi connectivity index (χ1v) is 9.55. The molecule has 0 aliphatic rings. The van der Waals surface area contributed by atoms with E-state index < -0.39 is 0 Å². The van der Waals surface area contributed by atoms with E-state index in [-0.39, 0.29) is 12.5 Å². The Morgan fingerprint density at radius 2 is 1.93 bits per heavy atom. The fourth-order valence-corrected chi connectivity index (χ4v) is 2.50. The van der Waals surface area contributed by atoms with E-state index in [2.05, 4.69) is 21.7 Å². The van der Waals surface area contributed by atoms with Crippen LogP contribution < -0.4 is 15.4 Å². The molecule has 1 aromatic heterocycles. The Balaban J connectivity index is 1.87. The highest BCUT2D eigenvalue weighted by molar-refractivity contribution is 5.84. The predicted molar refractivity (Wildman–Crippen MR) is 111 cm³/mol. The summed E-state index contributed by atoms with van der Waals surface area (Å²) in [5.74, 6) is 2.35. The number of aliphatic imine (C=N–C) groups is 1. The second-order valence-corrected chi connectivity index (χ2v) is 6.47. The van der Waals surface area contributed by atoms with Gasteiger partial charge < -0.3 is 24.7 Å². The Bertz CT molecular complexity index is 742. The second-order valence-electron chi connectivity index (χ2n) is 6.47. The van der Waals surface area contributed by atoms with Crippen LogP contribution in [0.5, 0.6) is 5.75 Å². The third-order valence-corrected chi connectivity index (χ3v) is 4.03. The maximum atomic E-state index is 11.8. The number of carbonyl (C=O) groups excluding carboxylic acids is 1. The molecule has 0 fully saturated rings. The molecule has 152 valence electrons. The first-order valence-electron chi connectivity index (χ1n) is 9.55. The lowest BCUT2D eigenvalue weighted by atomic mass is 10.1. The molecule has 0 aliphatic heterocycles. The van der Waals surface area contributed by atoms with E-state index in [9.17, 15) is 4.79 Å². The van der Waals surface area contributed by atoms with E-state index in [0.29, 0.717) is 25.7 Å². The fraction of sp³-hybridized carbons (Fsp3) is 0.429. The van der Waals surface area contributed by atoms with Crippen molar-refractivity contribution in [2.45, 2.75) is 19.8 Å². The van der Waals surface area contributed by atoms with E-state index in [1.54, 1.807) is 20.4 Å². The lowest BCUT2D eigenvalue weighted by molar-refractivity contribution is -0.127. The standard InChI is InChI=1S/C21H30N4O3/c1-4-27-19-8-5-7-17(15-19)10-12-22-21(24-16-20(26)25(2)3)23-13-11-18-9-6-14-28-18/h5-9,14-15H,4,10-13,16H2,1-3H3,(H2,22,23,24). The minimum atomic E-state index is -0.0449. The van der Waals surface area contributed by atoms with Gasteiger partial charge >= 0.3 is 0 Å². The van der Waals surface area contributed by atoms with Crippen molar-refractivity contribution in [2.75, 3.05) is 40.3 Å². The number of furan rings is 1. The van der Waals surface area contributed by atoms with E-state index in [1.165, 1.54) is 10.5 Å². The smallest absolute Gasteiger partial charge is 0.243 e. The average Bonchev–Trinajstić information content (AvgIpc) is 3.19. The quantitative estimate of drug-likeness (QED) is 0.483. The number of hydrogen-bond acceptors (Lipinski definition) is 4. The molecule has 0 atom stereocenters. The number of hydrogen-bond donors (Lipinski definition) is 2. The van der Waals surface area contributed by atoms with E-state index in [0.717, 1.165) is 24.4 Å². The van der Waals surface area contributed by atoms with Crippen molar-refractivity contribution in [3.63, 3.8) is 0 Å². The number of likely N-dealkylation sites (N-methyl/N-ethyl adjacent to an activating group) is 1. The Hall–Kier alpha value is -2.96. The van der Waals surface area contributed by atoms with Crippen LogP contribution in [0.25, 0.3) is 0 Å². The summed E-state index contributed by atoms with van der Waals surface area (Å²) >= 11 is 0. The largest absolute Gasteiger partial charge is 0.494 e. The highest BCUT2D eigenvalue weighted by Gasteiger charge is 2.05. The van der Waals surface area contributed by atoms with E-state index in [4.69, 9.17) is 9.15 Å². The molecule has 2 aromatic rings. The van der Waals surface area contributed by atoms with Crippen molar-refractivity contribution in [2.24, 2.45) is 4.99 Å². The van der Waals surface area contributed by atoms with Gasteiger partial charge in [-0.3, -0.25) is 4.79 Å². The van der Waals surface area contributed by atoms with Gasteiger partial charge in [-0.05, 0) is 43.2 Å². The first kappa shape index (κ1) is 21.3. The van der Waals surface area contributed by atoms with Crippen molar-refractivity contribution >= 4 is 11.9 Å². The van der Waals surface area contributed by atoms with Gasteiger partial charge in [0.1, 0.15) is 18.1 Å². The number of amides is 1. The highest BCUT2D eigenvalue weighted by Crippen LogP contribution is 2.13. The average molecular weight is 386 g/mol. The predicted octanol–water partition coefficient (Wildman–Crippen LogP) is 2.09. The summed E-state index contributed by atoms with van der Waals surface area (Å²) in [7, 11) is 3.45. The van der Waals surface area contributed by atoms with Crippen molar-refractivity contribution in [1.82, 2.24) is 15.5 Å². The highest BCUT2D eigenvalue weighted by atomic mass is 16.5. The summed E-state index contributed by atoms with van der Waals surface area (Å²) in [6, 6.07) is 11.9. The number of guanidine groups is 1. The molecule has 0 bridgehead atoms. The SMILES string of the molecule is CCOc1cccc(CCNC(=NCC(=O)N(C)C)NCCc2ccco2)c1. The Labute approximate surface area is 166 Å². The number of nitrogens with zero attached hydrogens (tertiary/aromatic N) is 2. The zero-order chi connectivity index (χ0) is 20.2. The number of rotatable bonds is 10. The summed E-state index contributed by atoms with van der Waals surface area (Å²) in [4.78, 5) is 17.8. The second kappa shape index (κ2) is 11.7. The van der Waals surface area contributed by atoms with Crippen LogP contribution in [0.15, 0.2) is 52.1 Å². The molecule has 0 radical (unpaired) electrons. The molecule has 1 aromatic carbocycles. The van der Waals surface area contributed by atoms with Crippen LogP contribution in [0.4, 0.5) is 0 Å².